The molecule has 1 aromatic carbocycles. The van der Waals surface area contributed by atoms with E-state index in [9.17, 15) is 12.8 Å². The van der Waals surface area contributed by atoms with Gasteiger partial charge < -0.3 is 5.11 Å². The molecule has 6 heteroatoms. The highest BCUT2D eigenvalue weighted by Crippen LogP contribution is 2.14. The lowest BCUT2D eigenvalue weighted by Crippen LogP contribution is -2.33. The quantitative estimate of drug-likeness (QED) is 0.836. The van der Waals surface area contributed by atoms with Crippen molar-refractivity contribution in [3.8, 4) is 0 Å². The average molecular weight is 261 g/mol. The van der Waals surface area contributed by atoms with Gasteiger partial charge in [-0.05, 0) is 38.0 Å². The molecule has 1 aromatic rings. The number of nitrogens with one attached hydrogen (secondary N) is 1. The molecule has 0 radical (unpaired) electrons. The first-order valence-corrected chi connectivity index (χ1v) is 6.74. The van der Waals surface area contributed by atoms with Crippen LogP contribution in [0.5, 0.6) is 0 Å². The van der Waals surface area contributed by atoms with E-state index in [0.717, 1.165) is 6.07 Å². The third kappa shape index (κ3) is 3.76. The molecule has 0 aliphatic rings. The van der Waals surface area contributed by atoms with Crippen molar-refractivity contribution in [2.45, 2.75) is 31.2 Å². The maximum atomic E-state index is 13.3. The van der Waals surface area contributed by atoms with E-state index in [1.54, 1.807) is 13.8 Å². The van der Waals surface area contributed by atoms with E-state index in [1.807, 2.05) is 0 Å². The second-order valence-electron chi connectivity index (χ2n) is 3.95. The number of aryl methyl sites for hydroxylation is 1. The molecule has 1 rings (SSSR count). The van der Waals surface area contributed by atoms with E-state index in [4.69, 9.17) is 5.11 Å². The molecule has 0 spiro atoms. The number of aliphatic hydroxyl groups is 1. The molecule has 0 amide bonds. The van der Waals surface area contributed by atoms with Crippen LogP contribution < -0.4 is 4.72 Å². The minimum Gasteiger partial charge on any atom is -0.396 e. The first-order valence-electron chi connectivity index (χ1n) is 5.26. The van der Waals surface area contributed by atoms with Crippen LogP contribution in [-0.4, -0.2) is 26.2 Å². The van der Waals surface area contributed by atoms with Crippen LogP contribution in [0.4, 0.5) is 4.39 Å². The van der Waals surface area contributed by atoms with Gasteiger partial charge in [0.1, 0.15) is 5.82 Å². The number of rotatable bonds is 5. The van der Waals surface area contributed by atoms with Gasteiger partial charge >= 0.3 is 0 Å². The lowest BCUT2D eigenvalue weighted by molar-refractivity contribution is 0.275. The third-order valence-corrected chi connectivity index (χ3v) is 3.96. The molecule has 0 aliphatic heterocycles. The number of sulfonamides is 1. The summed E-state index contributed by atoms with van der Waals surface area (Å²) < 4.78 is 39.3. The van der Waals surface area contributed by atoms with E-state index in [1.165, 1.54) is 12.1 Å². The minimum atomic E-state index is -3.72. The van der Waals surface area contributed by atoms with Gasteiger partial charge in [-0.15, -0.1) is 0 Å². The molecule has 0 heterocycles. The van der Waals surface area contributed by atoms with Crippen LogP contribution in [0.15, 0.2) is 23.1 Å². The van der Waals surface area contributed by atoms with Gasteiger partial charge in [0.05, 0.1) is 4.90 Å². The maximum Gasteiger partial charge on any atom is 0.240 e. The minimum absolute atomic E-state index is 0.105. The van der Waals surface area contributed by atoms with E-state index < -0.39 is 21.9 Å². The van der Waals surface area contributed by atoms with Crippen LogP contribution in [0.25, 0.3) is 0 Å². The van der Waals surface area contributed by atoms with Crippen molar-refractivity contribution in [3.63, 3.8) is 0 Å². The Labute approximate surface area is 101 Å². The first-order chi connectivity index (χ1) is 7.86. The van der Waals surface area contributed by atoms with E-state index >= 15 is 0 Å². The molecule has 0 aromatic heterocycles. The molecule has 0 saturated carbocycles. The van der Waals surface area contributed by atoms with Crippen LogP contribution in [0, 0.1) is 12.7 Å². The third-order valence-electron chi connectivity index (χ3n) is 2.37. The predicted octanol–water partition coefficient (Wildman–Crippen LogP) is 1.18. The second-order valence-corrected chi connectivity index (χ2v) is 5.66. The number of hydrogen-bond acceptors (Lipinski definition) is 3. The van der Waals surface area contributed by atoms with Crippen LogP contribution in [0.1, 0.15) is 18.9 Å². The lowest BCUT2D eigenvalue weighted by Gasteiger charge is -2.13. The van der Waals surface area contributed by atoms with Crippen molar-refractivity contribution in [2.75, 3.05) is 6.61 Å². The van der Waals surface area contributed by atoms with Crippen molar-refractivity contribution in [1.29, 1.82) is 0 Å². The zero-order chi connectivity index (χ0) is 13.1. The van der Waals surface area contributed by atoms with Gasteiger partial charge in [0.15, 0.2) is 0 Å². The summed E-state index contributed by atoms with van der Waals surface area (Å²) in [7, 11) is -3.72. The molecule has 17 heavy (non-hydrogen) atoms. The number of halogens is 1. The smallest absolute Gasteiger partial charge is 0.240 e. The molecule has 4 nitrogen and oxygen atoms in total. The van der Waals surface area contributed by atoms with Crippen LogP contribution in [0.2, 0.25) is 0 Å². The van der Waals surface area contributed by atoms with Crippen molar-refractivity contribution < 1.29 is 17.9 Å². The SMILES string of the molecule is Cc1ccc(S(=O)(=O)NC(C)CCO)cc1F. The standard InChI is InChI=1S/C11H16FNO3S/c1-8-3-4-10(7-11(8)12)17(15,16)13-9(2)5-6-14/h3-4,7,9,13-14H,5-6H2,1-2H3. The Hall–Kier alpha value is -0.980. The molecule has 0 bridgehead atoms. The fourth-order valence-electron chi connectivity index (χ4n) is 1.33. The van der Waals surface area contributed by atoms with Gasteiger partial charge in [-0.2, -0.15) is 0 Å². The Morgan fingerprint density at radius 2 is 2.12 bits per heavy atom. The van der Waals surface area contributed by atoms with Crippen molar-refractivity contribution in [1.82, 2.24) is 4.72 Å². The summed E-state index contributed by atoms with van der Waals surface area (Å²) in [6.07, 6.45) is 0.313. The van der Waals surface area contributed by atoms with Crippen LogP contribution in [0.3, 0.4) is 0 Å². The van der Waals surface area contributed by atoms with Gasteiger partial charge in [-0.3, -0.25) is 0 Å². The molecular formula is C11H16FNO3S. The maximum absolute atomic E-state index is 13.3. The zero-order valence-corrected chi connectivity index (χ0v) is 10.6. The summed E-state index contributed by atoms with van der Waals surface area (Å²) >= 11 is 0. The summed E-state index contributed by atoms with van der Waals surface area (Å²) in [5.41, 5.74) is 0.396. The second kappa shape index (κ2) is 5.57. The molecule has 2 N–H and O–H groups in total. The monoisotopic (exact) mass is 261 g/mol. The Morgan fingerprint density at radius 1 is 1.47 bits per heavy atom. The summed E-state index contributed by atoms with van der Waals surface area (Å²) in [6, 6.07) is 3.37. The fourth-order valence-corrected chi connectivity index (χ4v) is 2.62. The highest BCUT2D eigenvalue weighted by atomic mass is 32.2. The van der Waals surface area contributed by atoms with Gasteiger partial charge in [-0.1, -0.05) is 6.07 Å². The molecule has 1 atom stereocenters. The predicted molar refractivity (Wildman–Crippen MR) is 62.6 cm³/mol. The summed E-state index contributed by atoms with van der Waals surface area (Å²) in [6.45, 7) is 3.10. The number of hydrogen-bond donors (Lipinski definition) is 2. The van der Waals surface area contributed by atoms with E-state index in [0.29, 0.717) is 12.0 Å². The number of benzene rings is 1. The van der Waals surface area contributed by atoms with E-state index in [2.05, 4.69) is 4.72 Å². The van der Waals surface area contributed by atoms with Crippen molar-refractivity contribution in [3.05, 3.63) is 29.6 Å². The molecule has 0 aliphatic carbocycles. The van der Waals surface area contributed by atoms with Crippen molar-refractivity contribution in [2.24, 2.45) is 0 Å². The highest BCUT2D eigenvalue weighted by molar-refractivity contribution is 7.89. The number of aliphatic hydroxyl groups excluding tert-OH is 1. The first kappa shape index (κ1) is 14.1. The van der Waals surface area contributed by atoms with Crippen LogP contribution >= 0.6 is 0 Å². The molecular weight excluding hydrogens is 245 g/mol. The van der Waals surface area contributed by atoms with Crippen LogP contribution in [-0.2, 0) is 10.0 Å². The lowest BCUT2D eigenvalue weighted by atomic mass is 10.2. The molecule has 96 valence electrons. The van der Waals surface area contributed by atoms with Gasteiger partial charge in [0.2, 0.25) is 10.0 Å². The van der Waals surface area contributed by atoms with Gasteiger partial charge in [0, 0.05) is 12.6 Å². The molecule has 0 fully saturated rings. The highest BCUT2D eigenvalue weighted by Gasteiger charge is 2.18. The zero-order valence-electron chi connectivity index (χ0n) is 9.77. The van der Waals surface area contributed by atoms with E-state index in [-0.39, 0.29) is 11.5 Å². The largest absolute Gasteiger partial charge is 0.396 e. The Kier molecular flexibility index (Phi) is 4.62. The average Bonchev–Trinajstić information content (AvgIpc) is 2.21. The Bertz CT molecular complexity index is 487. The van der Waals surface area contributed by atoms with Gasteiger partial charge in [0.25, 0.3) is 0 Å². The summed E-state index contributed by atoms with van der Waals surface area (Å²) in [5, 5.41) is 8.69. The summed E-state index contributed by atoms with van der Waals surface area (Å²) in [5.74, 6) is -0.553. The summed E-state index contributed by atoms with van der Waals surface area (Å²) in [4.78, 5) is -0.106. The topological polar surface area (TPSA) is 66.4 Å². The van der Waals surface area contributed by atoms with Crippen molar-refractivity contribution >= 4 is 10.0 Å². The Balaban J connectivity index is 2.93. The fraction of sp³-hybridized carbons (Fsp3) is 0.455. The normalized spacial score (nSPS) is 13.6. The Morgan fingerprint density at radius 3 is 2.65 bits per heavy atom. The molecule has 1 unspecified atom stereocenters. The van der Waals surface area contributed by atoms with Gasteiger partial charge in [-0.25, -0.2) is 17.5 Å². The molecule has 0 saturated heterocycles.